The first kappa shape index (κ1) is 29.5. The summed E-state index contributed by atoms with van der Waals surface area (Å²) in [7, 11) is 0. The average molecular weight is 568 g/mol. The number of rotatable bonds is 12. The molecular weight excluding hydrogens is 534 g/mol. The van der Waals surface area contributed by atoms with E-state index in [9.17, 15) is 19.9 Å². The molecule has 4 N–H and O–H groups in total. The van der Waals surface area contributed by atoms with E-state index in [-0.39, 0.29) is 37.6 Å². The number of carbonyl (C=O) groups excluding carboxylic acids is 2. The molecule has 1 fully saturated rings. The van der Waals surface area contributed by atoms with Crippen LogP contribution in [-0.2, 0) is 32.2 Å². The van der Waals surface area contributed by atoms with Gasteiger partial charge in [0.1, 0.15) is 0 Å². The third-order valence-corrected chi connectivity index (χ3v) is 7.64. The van der Waals surface area contributed by atoms with Crippen LogP contribution in [0, 0.1) is 5.21 Å². The number of carbonyl (C=O) groups is 2. The number of benzene rings is 2. The van der Waals surface area contributed by atoms with E-state index in [2.05, 4.69) is 5.32 Å². The molecule has 2 aromatic carbocycles. The molecule has 3 aromatic rings. The molecule has 1 aliphatic rings. The molecule has 0 unspecified atom stereocenters. The number of nitrogens with one attached hydrogen (secondary N) is 2. The molecule has 0 radical (unpaired) electrons. The number of aromatic nitrogens is 1. The summed E-state index contributed by atoms with van der Waals surface area (Å²) in [5, 5.41) is 33.4. The Hall–Kier alpha value is -3.48. The maximum atomic E-state index is 12.1. The van der Waals surface area contributed by atoms with E-state index in [1.807, 2.05) is 54.6 Å². The molecule has 0 bridgehead atoms. The molecule has 40 heavy (non-hydrogen) atoms. The zero-order valence-corrected chi connectivity index (χ0v) is 22.7. The van der Waals surface area contributed by atoms with Crippen molar-refractivity contribution < 1.29 is 34.1 Å². The van der Waals surface area contributed by atoms with Gasteiger partial charge in [-0.2, -0.15) is 4.73 Å². The molecule has 212 valence electrons. The summed E-state index contributed by atoms with van der Waals surface area (Å²) >= 11 is 1.44. The first-order valence-corrected chi connectivity index (χ1v) is 14.0. The van der Waals surface area contributed by atoms with Crippen molar-refractivity contribution in [2.24, 2.45) is 0 Å². The number of hydrogen-bond donors (Lipinski definition) is 4. The largest absolute Gasteiger partial charge is 0.618 e. The fourth-order valence-electron chi connectivity index (χ4n) is 4.27. The van der Waals surface area contributed by atoms with Crippen molar-refractivity contribution in [3.8, 4) is 0 Å². The van der Waals surface area contributed by atoms with E-state index >= 15 is 0 Å². The second kappa shape index (κ2) is 14.8. The number of nitrogens with zero attached hydrogens (tertiary/aromatic N) is 1. The highest BCUT2D eigenvalue weighted by atomic mass is 32.2. The van der Waals surface area contributed by atoms with Gasteiger partial charge in [-0.1, -0.05) is 60.3 Å². The Kier molecular flexibility index (Phi) is 10.9. The summed E-state index contributed by atoms with van der Waals surface area (Å²) in [6.45, 7) is 0.305. The van der Waals surface area contributed by atoms with Gasteiger partial charge in [0.25, 0.3) is 5.03 Å². The number of thioether (sulfide) groups is 1. The lowest BCUT2D eigenvalue weighted by molar-refractivity contribution is -0.645. The molecular formula is C29H33N3O7S. The Morgan fingerprint density at radius 1 is 0.950 bits per heavy atom. The fraction of sp³-hybridized carbons (Fsp3) is 0.345. The van der Waals surface area contributed by atoms with Crippen LogP contribution in [0.3, 0.4) is 0 Å². The van der Waals surface area contributed by atoms with Crippen molar-refractivity contribution >= 4 is 23.6 Å². The van der Waals surface area contributed by atoms with Gasteiger partial charge in [0.15, 0.2) is 12.5 Å². The van der Waals surface area contributed by atoms with Gasteiger partial charge in [0, 0.05) is 49.3 Å². The summed E-state index contributed by atoms with van der Waals surface area (Å²) < 4.78 is 13.5. The standard InChI is InChI=1S/C29H33N3O7S/c33-18-21-9-11-22(12-10-21)25-16-24(19-40-28-6-1-2-15-32(28)37)38-29(39-25)23-13-7-20(8-14-23)17-30-26(34)4-3-5-27(35)31-36/h1-2,6-15,24-25,29,33,36H,3-5,16-19H2,(H,30,34)(H,31,35)/t24-,25+,29+/m1/s1. The Labute approximate surface area is 236 Å². The van der Waals surface area contributed by atoms with Crippen molar-refractivity contribution in [1.29, 1.82) is 0 Å². The van der Waals surface area contributed by atoms with Gasteiger partial charge in [0.05, 0.1) is 18.8 Å². The van der Waals surface area contributed by atoms with Crippen LogP contribution in [0.25, 0.3) is 0 Å². The third kappa shape index (κ3) is 8.51. The number of pyridine rings is 1. The summed E-state index contributed by atoms with van der Waals surface area (Å²) in [5.74, 6) is -0.126. The minimum Gasteiger partial charge on any atom is -0.618 e. The lowest BCUT2D eigenvalue weighted by Gasteiger charge is -2.36. The van der Waals surface area contributed by atoms with Crippen LogP contribution in [0.15, 0.2) is 78.0 Å². The Morgan fingerprint density at radius 2 is 1.65 bits per heavy atom. The number of hydrogen-bond acceptors (Lipinski definition) is 8. The lowest BCUT2D eigenvalue weighted by atomic mass is 10.0. The molecule has 1 aromatic heterocycles. The van der Waals surface area contributed by atoms with Gasteiger partial charge < -0.3 is 25.1 Å². The zero-order chi connectivity index (χ0) is 28.3. The number of amides is 2. The molecule has 2 amide bonds. The van der Waals surface area contributed by atoms with Gasteiger partial charge in [-0.3, -0.25) is 14.8 Å². The van der Waals surface area contributed by atoms with Gasteiger partial charge in [-0.25, -0.2) is 5.48 Å². The van der Waals surface area contributed by atoms with Crippen LogP contribution in [-0.4, -0.2) is 34.0 Å². The quantitative estimate of drug-likeness (QED) is 0.0857. The topological polar surface area (TPSA) is 144 Å². The van der Waals surface area contributed by atoms with Crippen LogP contribution in [0.1, 0.15) is 60.3 Å². The van der Waals surface area contributed by atoms with E-state index in [0.717, 1.165) is 27.0 Å². The monoisotopic (exact) mass is 567 g/mol. The first-order valence-electron chi connectivity index (χ1n) is 13.0. The van der Waals surface area contributed by atoms with Crippen molar-refractivity contribution in [1.82, 2.24) is 10.8 Å². The van der Waals surface area contributed by atoms with Gasteiger partial charge >= 0.3 is 0 Å². The van der Waals surface area contributed by atoms with E-state index in [4.69, 9.17) is 14.7 Å². The Balaban J connectivity index is 1.39. The minimum atomic E-state index is -0.627. The van der Waals surface area contributed by atoms with Crippen molar-refractivity contribution in [2.75, 3.05) is 5.75 Å². The van der Waals surface area contributed by atoms with Crippen LogP contribution < -0.4 is 15.5 Å². The third-order valence-electron chi connectivity index (χ3n) is 6.49. The smallest absolute Gasteiger partial charge is 0.251 e. The number of aliphatic hydroxyl groups is 1. The highest BCUT2D eigenvalue weighted by molar-refractivity contribution is 7.99. The van der Waals surface area contributed by atoms with Crippen molar-refractivity contribution in [3.05, 3.63) is 100 Å². The lowest BCUT2D eigenvalue weighted by Crippen LogP contribution is -2.32. The van der Waals surface area contributed by atoms with Crippen LogP contribution in [0.4, 0.5) is 0 Å². The number of ether oxygens (including phenoxy) is 2. The molecule has 4 rings (SSSR count). The zero-order valence-electron chi connectivity index (χ0n) is 21.9. The molecule has 10 nitrogen and oxygen atoms in total. The van der Waals surface area contributed by atoms with Crippen LogP contribution in [0.5, 0.6) is 0 Å². The summed E-state index contributed by atoms with van der Waals surface area (Å²) in [4.78, 5) is 23.1. The van der Waals surface area contributed by atoms with Crippen LogP contribution >= 0.6 is 11.8 Å². The van der Waals surface area contributed by atoms with Gasteiger partial charge in [-0.05, 0) is 29.2 Å². The fourth-order valence-corrected chi connectivity index (χ4v) is 5.21. The van der Waals surface area contributed by atoms with Crippen LogP contribution in [0.2, 0.25) is 0 Å². The molecule has 0 saturated carbocycles. The molecule has 11 heteroatoms. The average Bonchev–Trinajstić information content (AvgIpc) is 2.99. The van der Waals surface area contributed by atoms with E-state index < -0.39 is 12.2 Å². The highest BCUT2D eigenvalue weighted by Gasteiger charge is 2.32. The maximum absolute atomic E-state index is 12.1. The summed E-state index contributed by atoms with van der Waals surface area (Å²) in [6, 6.07) is 20.6. The second-order valence-electron chi connectivity index (χ2n) is 9.43. The molecule has 0 spiro atoms. The summed E-state index contributed by atoms with van der Waals surface area (Å²) in [5.41, 5.74) is 5.08. The van der Waals surface area contributed by atoms with Gasteiger partial charge in [0.2, 0.25) is 11.8 Å². The molecule has 0 aliphatic carbocycles. The van der Waals surface area contributed by atoms with Crippen molar-refractivity contribution in [3.63, 3.8) is 0 Å². The SMILES string of the molecule is O=C(CCCC(=O)NCc1ccc([C@H]2O[C@@H](CSc3cccc[n+]3[O-])C[C@@H](c3ccc(CO)cc3)O2)cc1)NO. The van der Waals surface area contributed by atoms with E-state index in [1.165, 1.54) is 18.0 Å². The first-order chi connectivity index (χ1) is 19.4. The minimum absolute atomic E-state index is 0.0310. The number of aliphatic hydroxyl groups excluding tert-OH is 1. The molecule has 1 saturated heterocycles. The predicted octanol–water partition coefficient (Wildman–Crippen LogP) is 3.44. The summed E-state index contributed by atoms with van der Waals surface area (Å²) in [6.07, 6.45) is 1.64. The number of hydroxylamine groups is 1. The molecule has 3 atom stereocenters. The van der Waals surface area contributed by atoms with Gasteiger partial charge in [-0.15, -0.1) is 0 Å². The Morgan fingerprint density at radius 3 is 2.35 bits per heavy atom. The molecule has 2 heterocycles. The highest BCUT2D eigenvalue weighted by Crippen LogP contribution is 2.39. The van der Waals surface area contributed by atoms with E-state index in [1.54, 1.807) is 17.6 Å². The molecule has 1 aliphatic heterocycles. The van der Waals surface area contributed by atoms with E-state index in [0.29, 0.717) is 30.2 Å². The predicted molar refractivity (Wildman–Crippen MR) is 147 cm³/mol. The van der Waals surface area contributed by atoms with Crippen molar-refractivity contribution in [2.45, 2.75) is 62.4 Å². The second-order valence-corrected chi connectivity index (χ2v) is 10.5. The normalized spacial score (nSPS) is 18.7. The Bertz CT molecular complexity index is 1260. The maximum Gasteiger partial charge on any atom is 0.251 e.